The van der Waals surface area contributed by atoms with Gasteiger partial charge >= 0.3 is 15.2 Å². The number of benzene rings is 2. The standard InChI is InChI=1S/C30H46N2O9P2/c1-11-37-42(35,38-12-2)27(43(36,39-13-3)40-14-4)30(21-15-17-23(18-16-21)32(33)34)31-25-20-22(28(5,6)7)19-24(26(25)41-30)29(8,9)10/h15-20,27,31H,11-14H2,1-10H3. The summed E-state index contributed by atoms with van der Waals surface area (Å²) in [4.78, 5) is 11.0. The molecule has 13 heteroatoms. The van der Waals surface area contributed by atoms with E-state index >= 15 is 0 Å². The molecule has 11 nitrogen and oxygen atoms in total. The number of hydrogen-bond donors (Lipinski definition) is 1. The molecule has 0 aromatic heterocycles. The van der Waals surface area contributed by atoms with E-state index < -0.39 is 36.7 Å². The van der Waals surface area contributed by atoms with E-state index in [-0.39, 0.29) is 37.5 Å². The summed E-state index contributed by atoms with van der Waals surface area (Å²) in [6.07, 6.45) is 0. The van der Waals surface area contributed by atoms with Gasteiger partial charge in [-0.15, -0.1) is 0 Å². The largest absolute Gasteiger partial charge is 0.460 e. The van der Waals surface area contributed by atoms with Crippen molar-refractivity contribution in [1.82, 2.24) is 0 Å². The van der Waals surface area contributed by atoms with Gasteiger partial charge in [-0.05, 0) is 62.3 Å². The molecule has 0 amide bonds. The highest BCUT2D eigenvalue weighted by Gasteiger charge is 2.67. The third-order valence-electron chi connectivity index (χ3n) is 7.05. The predicted molar refractivity (Wildman–Crippen MR) is 168 cm³/mol. The van der Waals surface area contributed by atoms with Gasteiger partial charge in [0.25, 0.3) is 5.69 Å². The lowest BCUT2D eigenvalue weighted by Crippen LogP contribution is -2.49. The number of ether oxygens (including phenoxy) is 1. The highest BCUT2D eigenvalue weighted by atomic mass is 31.2. The average molecular weight is 641 g/mol. The van der Waals surface area contributed by atoms with Crippen LogP contribution in [0.5, 0.6) is 5.75 Å². The summed E-state index contributed by atoms with van der Waals surface area (Å²) in [5.41, 5.74) is 0.0261. The molecule has 1 aliphatic heterocycles. The predicted octanol–water partition coefficient (Wildman–Crippen LogP) is 8.71. The van der Waals surface area contributed by atoms with Crippen LogP contribution in [-0.4, -0.2) is 36.8 Å². The zero-order valence-corrected chi connectivity index (χ0v) is 28.7. The van der Waals surface area contributed by atoms with Gasteiger partial charge in [0.15, 0.2) is 0 Å². The minimum absolute atomic E-state index is 0.0310. The maximum absolute atomic E-state index is 14.9. The van der Waals surface area contributed by atoms with Gasteiger partial charge in [-0.3, -0.25) is 19.2 Å². The van der Waals surface area contributed by atoms with Gasteiger partial charge in [0.1, 0.15) is 5.75 Å². The molecule has 0 bridgehead atoms. The van der Waals surface area contributed by atoms with E-state index in [0.29, 0.717) is 17.0 Å². The molecule has 1 N–H and O–H groups in total. The van der Waals surface area contributed by atoms with E-state index in [0.717, 1.165) is 11.1 Å². The molecule has 240 valence electrons. The number of non-ortho nitro benzene ring substituents is 1. The van der Waals surface area contributed by atoms with E-state index in [9.17, 15) is 19.2 Å². The van der Waals surface area contributed by atoms with Gasteiger partial charge in [0.05, 0.1) is 37.0 Å². The van der Waals surface area contributed by atoms with Gasteiger partial charge < -0.3 is 28.1 Å². The zero-order chi connectivity index (χ0) is 32.4. The molecule has 2 aromatic rings. The third kappa shape index (κ3) is 7.03. The fourth-order valence-corrected chi connectivity index (χ4v) is 10.9. The summed E-state index contributed by atoms with van der Waals surface area (Å²) >= 11 is 0. The lowest BCUT2D eigenvalue weighted by molar-refractivity contribution is -0.384. The van der Waals surface area contributed by atoms with Crippen molar-refractivity contribution in [3.63, 3.8) is 0 Å². The number of anilines is 1. The van der Waals surface area contributed by atoms with Crippen molar-refractivity contribution < 1.29 is 36.9 Å². The molecule has 1 unspecified atom stereocenters. The van der Waals surface area contributed by atoms with E-state index in [2.05, 4.69) is 52.9 Å². The highest BCUT2D eigenvalue weighted by molar-refractivity contribution is 7.72. The van der Waals surface area contributed by atoms with Crippen LogP contribution in [-0.2, 0) is 43.8 Å². The molecule has 3 rings (SSSR count). The van der Waals surface area contributed by atoms with Gasteiger partial charge in [0, 0.05) is 23.3 Å². The Morgan fingerprint density at radius 1 is 0.837 bits per heavy atom. The molecule has 0 spiro atoms. The first-order chi connectivity index (χ1) is 19.9. The lowest BCUT2D eigenvalue weighted by atomic mass is 9.80. The minimum atomic E-state index is -4.38. The molecule has 1 heterocycles. The Morgan fingerprint density at radius 2 is 1.30 bits per heavy atom. The van der Waals surface area contributed by atoms with Crippen molar-refractivity contribution in [3.05, 3.63) is 63.2 Å². The highest BCUT2D eigenvalue weighted by Crippen LogP contribution is 2.76. The Labute approximate surface area is 255 Å². The lowest BCUT2D eigenvalue weighted by Gasteiger charge is -2.42. The van der Waals surface area contributed by atoms with Crippen molar-refractivity contribution in [2.45, 2.75) is 91.2 Å². The number of nitro groups is 1. The molecule has 1 aliphatic rings. The number of nitrogens with one attached hydrogen (secondary N) is 1. The van der Waals surface area contributed by atoms with Crippen molar-refractivity contribution in [1.29, 1.82) is 0 Å². The maximum Gasteiger partial charge on any atom is 0.352 e. The maximum atomic E-state index is 14.9. The van der Waals surface area contributed by atoms with Crippen molar-refractivity contribution in [2.75, 3.05) is 31.7 Å². The van der Waals surface area contributed by atoms with E-state index in [4.69, 9.17) is 22.8 Å². The second kappa shape index (κ2) is 13.0. The Kier molecular flexibility index (Phi) is 10.6. The van der Waals surface area contributed by atoms with Crippen molar-refractivity contribution in [2.24, 2.45) is 0 Å². The first-order valence-electron chi connectivity index (χ1n) is 14.6. The molecule has 2 aromatic carbocycles. The van der Waals surface area contributed by atoms with E-state index in [1.54, 1.807) is 27.7 Å². The van der Waals surface area contributed by atoms with Crippen LogP contribution in [0.4, 0.5) is 11.4 Å². The fourth-order valence-electron chi connectivity index (χ4n) is 5.13. The topological polar surface area (TPSA) is 135 Å². The van der Waals surface area contributed by atoms with Gasteiger partial charge in [-0.25, -0.2) is 0 Å². The molecule has 43 heavy (non-hydrogen) atoms. The van der Waals surface area contributed by atoms with Crippen LogP contribution in [0.15, 0.2) is 36.4 Å². The van der Waals surface area contributed by atoms with Crippen molar-refractivity contribution >= 4 is 26.6 Å². The average Bonchev–Trinajstić information content (AvgIpc) is 3.27. The van der Waals surface area contributed by atoms with E-state index in [1.165, 1.54) is 24.3 Å². The smallest absolute Gasteiger partial charge is 0.352 e. The van der Waals surface area contributed by atoms with Crippen LogP contribution < -0.4 is 10.1 Å². The van der Waals surface area contributed by atoms with Crippen LogP contribution in [0.25, 0.3) is 0 Å². The van der Waals surface area contributed by atoms with Crippen LogP contribution in [0, 0.1) is 10.1 Å². The molecule has 0 aliphatic carbocycles. The first-order valence-corrected chi connectivity index (χ1v) is 17.8. The van der Waals surface area contributed by atoms with Crippen LogP contribution in [0.2, 0.25) is 0 Å². The number of rotatable bonds is 13. The van der Waals surface area contributed by atoms with Crippen LogP contribution >= 0.6 is 15.2 Å². The zero-order valence-electron chi connectivity index (χ0n) is 26.9. The molecular weight excluding hydrogens is 594 g/mol. The summed E-state index contributed by atoms with van der Waals surface area (Å²) in [5.74, 6) is 0.461. The monoisotopic (exact) mass is 640 g/mol. The Balaban J connectivity index is 2.51. The second-order valence-corrected chi connectivity index (χ2v) is 16.9. The Hall–Kier alpha value is -2.26. The number of nitrogens with zero attached hydrogens (tertiary/aromatic N) is 1. The van der Waals surface area contributed by atoms with Crippen LogP contribution in [0.3, 0.4) is 0 Å². The SMILES string of the molecule is CCOP(=O)(OCC)C(C1(c2ccc([N+](=O)[O-])cc2)Nc2cc(C(C)(C)C)cc(C(C)(C)C)c2O1)P(=O)(OCC)OCC. The van der Waals surface area contributed by atoms with Gasteiger partial charge in [-0.1, -0.05) is 47.6 Å². The molecule has 0 saturated heterocycles. The molecule has 0 fully saturated rings. The van der Waals surface area contributed by atoms with Gasteiger partial charge in [-0.2, -0.15) is 0 Å². The number of fused-ring (bicyclic) bond motifs is 1. The summed E-state index contributed by atoms with van der Waals surface area (Å²) < 4.78 is 60.1. The molecular formula is C30H46N2O9P2. The second-order valence-electron chi connectivity index (χ2n) is 12.3. The summed E-state index contributed by atoms with van der Waals surface area (Å²) in [6, 6.07) is 9.62. The van der Waals surface area contributed by atoms with E-state index in [1.807, 2.05) is 6.07 Å². The molecule has 0 radical (unpaired) electrons. The minimum Gasteiger partial charge on any atom is -0.460 e. The van der Waals surface area contributed by atoms with Gasteiger partial charge in [0.2, 0.25) is 11.1 Å². The summed E-state index contributed by atoms with van der Waals surface area (Å²) in [6.45, 7) is 18.9. The Bertz CT molecular complexity index is 1350. The normalized spacial score (nSPS) is 17.5. The van der Waals surface area contributed by atoms with Crippen LogP contribution in [0.1, 0.15) is 85.9 Å². The van der Waals surface area contributed by atoms with Crippen molar-refractivity contribution in [3.8, 4) is 5.75 Å². The molecule has 0 saturated carbocycles. The number of hydrogen-bond acceptors (Lipinski definition) is 10. The third-order valence-corrected chi connectivity index (χ3v) is 13.1. The summed E-state index contributed by atoms with van der Waals surface area (Å²) in [7, 11) is -8.77. The molecule has 1 atom stereocenters. The quantitative estimate of drug-likeness (QED) is 0.129. The number of nitro benzene ring substituents is 1. The summed E-state index contributed by atoms with van der Waals surface area (Å²) in [5, 5.41) is 13.3. The fraction of sp³-hybridized carbons (Fsp3) is 0.600. The first kappa shape index (κ1) is 35.2. The Morgan fingerprint density at radius 3 is 1.67 bits per heavy atom.